The van der Waals surface area contributed by atoms with Gasteiger partial charge in [-0.15, -0.1) is 0 Å². The van der Waals surface area contributed by atoms with E-state index in [-0.39, 0.29) is 11.4 Å². The first-order chi connectivity index (χ1) is 14.6. The maximum atomic E-state index is 13.5. The summed E-state index contributed by atoms with van der Waals surface area (Å²) in [5.74, 6) is -2.06. The molecule has 1 aromatic heterocycles. The number of pyridine rings is 1. The van der Waals surface area contributed by atoms with Gasteiger partial charge in [0.1, 0.15) is 11.6 Å². The average Bonchev–Trinajstić information content (AvgIpc) is 3.04. The molecule has 1 atom stereocenters. The van der Waals surface area contributed by atoms with E-state index in [9.17, 15) is 19.1 Å². The molecule has 0 bridgehead atoms. The van der Waals surface area contributed by atoms with E-state index >= 15 is 0 Å². The molecule has 0 radical (unpaired) electrons. The van der Waals surface area contributed by atoms with Gasteiger partial charge < -0.3 is 5.11 Å². The summed E-state index contributed by atoms with van der Waals surface area (Å²) >= 11 is 0. The number of allylic oxidation sites excluding steroid dienone is 1. The molecular weight excluding hydrogens is 383 g/mol. The van der Waals surface area contributed by atoms with Gasteiger partial charge >= 0.3 is 0 Å². The number of aliphatic hydroxyl groups excluding tert-OH is 1. The van der Waals surface area contributed by atoms with Crippen molar-refractivity contribution in [1.29, 1.82) is 0 Å². The first-order valence-electron chi connectivity index (χ1n) is 9.27. The van der Waals surface area contributed by atoms with Crippen LogP contribution in [0.5, 0.6) is 0 Å². The fraction of sp³-hybridized carbons (Fsp3) is 0.0417. The maximum absolute atomic E-state index is 13.5. The van der Waals surface area contributed by atoms with Gasteiger partial charge in [-0.25, -0.2) is 9.37 Å². The highest BCUT2D eigenvalue weighted by molar-refractivity contribution is 6.19. The van der Waals surface area contributed by atoms with E-state index in [0.717, 1.165) is 5.56 Å². The van der Waals surface area contributed by atoms with E-state index in [1.165, 1.54) is 41.4 Å². The van der Waals surface area contributed by atoms with Crippen molar-refractivity contribution < 1.29 is 19.1 Å². The molecule has 2 heterocycles. The molecule has 0 saturated carbocycles. The number of ketones is 1. The van der Waals surface area contributed by atoms with Crippen molar-refractivity contribution in [2.75, 3.05) is 4.90 Å². The number of nitrogens with zero attached hydrogens (tertiary/aromatic N) is 2. The molecule has 2 aromatic carbocycles. The van der Waals surface area contributed by atoms with Crippen LogP contribution in [0.2, 0.25) is 0 Å². The van der Waals surface area contributed by atoms with Gasteiger partial charge in [0.2, 0.25) is 0 Å². The van der Waals surface area contributed by atoms with Crippen molar-refractivity contribution in [3.63, 3.8) is 0 Å². The van der Waals surface area contributed by atoms with Gasteiger partial charge in [-0.1, -0.05) is 54.6 Å². The minimum absolute atomic E-state index is 0.0792. The van der Waals surface area contributed by atoms with E-state index in [2.05, 4.69) is 4.98 Å². The first kappa shape index (κ1) is 19.3. The Labute approximate surface area is 172 Å². The number of amides is 1. The molecule has 30 heavy (non-hydrogen) atoms. The van der Waals surface area contributed by atoms with Crippen LogP contribution < -0.4 is 4.90 Å². The number of benzene rings is 2. The number of hydrogen-bond acceptors (Lipinski definition) is 4. The van der Waals surface area contributed by atoms with Crippen LogP contribution in [0.3, 0.4) is 0 Å². The molecule has 0 aliphatic carbocycles. The van der Waals surface area contributed by atoms with Gasteiger partial charge in [0.05, 0.1) is 11.6 Å². The SMILES string of the molecule is O=C(/C=C/c1ccccc1)C1=C(O)C(=O)N(c2ccccn2)[C@@H]1c1ccc(F)cc1. The summed E-state index contributed by atoms with van der Waals surface area (Å²) in [5.41, 5.74) is 1.20. The Bertz CT molecular complexity index is 1140. The van der Waals surface area contributed by atoms with Gasteiger partial charge in [-0.3, -0.25) is 14.5 Å². The van der Waals surface area contributed by atoms with Crippen LogP contribution in [0.15, 0.2) is 96.4 Å². The zero-order valence-electron chi connectivity index (χ0n) is 15.8. The summed E-state index contributed by atoms with van der Waals surface area (Å²) < 4.78 is 13.5. The smallest absolute Gasteiger partial charge is 0.295 e. The normalized spacial score (nSPS) is 16.5. The molecule has 148 valence electrons. The number of carbonyl (C=O) groups is 2. The zero-order chi connectivity index (χ0) is 21.1. The van der Waals surface area contributed by atoms with Crippen LogP contribution >= 0.6 is 0 Å². The molecule has 0 fully saturated rings. The molecule has 3 aromatic rings. The number of aromatic nitrogens is 1. The molecule has 1 aliphatic rings. The third-order valence-corrected chi connectivity index (χ3v) is 4.78. The Morgan fingerprint density at radius 3 is 2.37 bits per heavy atom. The fourth-order valence-electron chi connectivity index (χ4n) is 3.38. The number of rotatable bonds is 5. The van der Waals surface area contributed by atoms with Crippen LogP contribution in [0.25, 0.3) is 6.08 Å². The number of carbonyl (C=O) groups excluding carboxylic acids is 2. The predicted octanol–water partition coefficient (Wildman–Crippen LogP) is 4.40. The summed E-state index contributed by atoms with van der Waals surface area (Å²) in [5, 5.41) is 10.6. The average molecular weight is 400 g/mol. The lowest BCUT2D eigenvalue weighted by Crippen LogP contribution is -2.31. The first-order valence-corrected chi connectivity index (χ1v) is 9.27. The monoisotopic (exact) mass is 400 g/mol. The summed E-state index contributed by atoms with van der Waals surface area (Å²) in [6.07, 6.45) is 4.43. The predicted molar refractivity (Wildman–Crippen MR) is 111 cm³/mol. The Balaban J connectivity index is 1.78. The molecule has 0 unspecified atom stereocenters. The highest BCUT2D eigenvalue weighted by atomic mass is 19.1. The van der Waals surface area contributed by atoms with Gasteiger partial charge in [0.15, 0.2) is 11.5 Å². The van der Waals surface area contributed by atoms with Crippen molar-refractivity contribution in [1.82, 2.24) is 4.98 Å². The second-order valence-corrected chi connectivity index (χ2v) is 6.69. The van der Waals surface area contributed by atoms with Crippen molar-refractivity contribution >= 4 is 23.6 Å². The maximum Gasteiger partial charge on any atom is 0.295 e. The molecule has 1 amide bonds. The lowest BCUT2D eigenvalue weighted by atomic mass is 9.95. The molecular formula is C24H17FN2O3. The molecule has 1 aliphatic heterocycles. The quantitative estimate of drug-likeness (QED) is 0.645. The van der Waals surface area contributed by atoms with E-state index in [0.29, 0.717) is 5.56 Å². The number of anilines is 1. The second-order valence-electron chi connectivity index (χ2n) is 6.69. The highest BCUT2D eigenvalue weighted by Crippen LogP contribution is 2.40. The number of aliphatic hydroxyl groups is 1. The third kappa shape index (κ3) is 3.63. The Kier molecular flexibility index (Phi) is 5.22. The molecule has 1 N–H and O–H groups in total. The zero-order valence-corrected chi connectivity index (χ0v) is 15.8. The third-order valence-electron chi connectivity index (χ3n) is 4.78. The largest absolute Gasteiger partial charge is 0.503 e. The molecule has 0 spiro atoms. The second kappa shape index (κ2) is 8.13. The lowest BCUT2D eigenvalue weighted by molar-refractivity contribution is -0.117. The van der Waals surface area contributed by atoms with E-state index in [1.54, 1.807) is 24.3 Å². The van der Waals surface area contributed by atoms with Crippen molar-refractivity contribution in [2.24, 2.45) is 0 Å². The molecule has 6 heteroatoms. The van der Waals surface area contributed by atoms with E-state index in [4.69, 9.17) is 0 Å². The topological polar surface area (TPSA) is 70.5 Å². The van der Waals surface area contributed by atoms with Gasteiger partial charge in [0.25, 0.3) is 5.91 Å². The molecule has 5 nitrogen and oxygen atoms in total. The summed E-state index contributed by atoms with van der Waals surface area (Å²) in [4.78, 5) is 31.3. The summed E-state index contributed by atoms with van der Waals surface area (Å²) in [7, 11) is 0. The van der Waals surface area contributed by atoms with Crippen LogP contribution in [0, 0.1) is 5.82 Å². The summed E-state index contributed by atoms with van der Waals surface area (Å²) in [6.45, 7) is 0. The molecule has 0 saturated heterocycles. The van der Waals surface area contributed by atoms with Crippen molar-refractivity contribution in [2.45, 2.75) is 6.04 Å². The van der Waals surface area contributed by atoms with Gasteiger partial charge in [-0.2, -0.15) is 0 Å². The lowest BCUT2D eigenvalue weighted by Gasteiger charge is -2.25. The van der Waals surface area contributed by atoms with Crippen LogP contribution in [-0.4, -0.2) is 21.8 Å². The number of halogens is 1. The minimum atomic E-state index is -0.930. The van der Waals surface area contributed by atoms with Crippen LogP contribution in [-0.2, 0) is 9.59 Å². The molecule has 4 rings (SSSR count). The van der Waals surface area contributed by atoms with E-state index in [1.807, 2.05) is 30.3 Å². The Hall–Kier alpha value is -4.06. The van der Waals surface area contributed by atoms with Gasteiger partial charge in [0, 0.05) is 6.20 Å². The van der Waals surface area contributed by atoms with Crippen molar-refractivity contribution in [3.05, 3.63) is 113 Å². The van der Waals surface area contributed by atoms with Crippen molar-refractivity contribution in [3.8, 4) is 0 Å². The Morgan fingerprint density at radius 1 is 1.00 bits per heavy atom. The number of hydrogen-bond donors (Lipinski definition) is 1. The Morgan fingerprint density at radius 2 is 1.70 bits per heavy atom. The van der Waals surface area contributed by atoms with Gasteiger partial charge in [-0.05, 0) is 41.5 Å². The van der Waals surface area contributed by atoms with Crippen LogP contribution in [0.1, 0.15) is 17.2 Å². The van der Waals surface area contributed by atoms with E-state index < -0.39 is 29.3 Å². The van der Waals surface area contributed by atoms with Crippen LogP contribution in [0.4, 0.5) is 10.2 Å². The standard InChI is InChI=1S/C24H17FN2O3/c25-18-12-10-17(11-13-18)22-21(19(28)14-9-16-6-2-1-3-7-16)23(29)24(30)27(22)20-8-4-5-15-26-20/h1-15,22,29H/b14-9+/t22-/m1/s1. The minimum Gasteiger partial charge on any atom is -0.503 e. The fourth-order valence-corrected chi connectivity index (χ4v) is 3.38. The summed E-state index contributed by atoms with van der Waals surface area (Å²) in [6, 6.07) is 18.7. The highest BCUT2D eigenvalue weighted by Gasteiger charge is 2.44.